The SMILES string of the molecule is CC(=Nc1ccc(N=C=S)cc1)c1ccc(C(C)=Nc2ccc(SC#N)cc2)n1C. The van der Waals surface area contributed by atoms with Gasteiger partial charge in [0.1, 0.15) is 5.40 Å². The lowest BCUT2D eigenvalue weighted by Gasteiger charge is -2.08. The summed E-state index contributed by atoms with van der Waals surface area (Å²) in [4.78, 5) is 14.3. The Balaban J connectivity index is 1.83. The summed E-state index contributed by atoms with van der Waals surface area (Å²) >= 11 is 5.77. The molecule has 0 atom stereocenters. The smallest absolute Gasteiger partial charge is 0.138 e. The van der Waals surface area contributed by atoms with E-state index in [2.05, 4.69) is 32.3 Å². The van der Waals surface area contributed by atoms with Gasteiger partial charge in [-0.2, -0.15) is 10.3 Å². The van der Waals surface area contributed by atoms with Gasteiger partial charge in [0.05, 0.1) is 45.0 Å². The van der Waals surface area contributed by atoms with Crippen molar-refractivity contribution in [2.24, 2.45) is 22.0 Å². The number of nitrogens with zero attached hydrogens (tertiary/aromatic N) is 5. The molecule has 0 aliphatic carbocycles. The minimum Gasteiger partial charge on any atom is -0.342 e. The van der Waals surface area contributed by atoms with Gasteiger partial charge in [0, 0.05) is 11.9 Å². The molecule has 0 saturated carbocycles. The average molecular weight is 430 g/mol. The third kappa shape index (κ3) is 5.19. The Morgan fingerprint density at radius 2 is 1.30 bits per heavy atom. The summed E-state index contributed by atoms with van der Waals surface area (Å²) in [5, 5.41) is 13.2. The topological polar surface area (TPSA) is 65.8 Å². The van der Waals surface area contributed by atoms with E-state index in [4.69, 9.17) is 15.2 Å². The molecule has 3 rings (SSSR count). The van der Waals surface area contributed by atoms with Crippen LogP contribution in [0.3, 0.4) is 0 Å². The number of aliphatic imine (C=N–C) groups is 3. The van der Waals surface area contributed by atoms with Crippen LogP contribution in [-0.2, 0) is 7.05 Å². The lowest BCUT2D eigenvalue weighted by molar-refractivity contribution is 0.900. The van der Waals surface area contributed by atoms with E-state index in [0.717, 1.165) is 56.5 Å². The van der Waals surface area contributed by atoms with Gasteiger partial charge >= 0.3 is 0 Å². The van der Waals surface area contributed by atoms with Crippen LogP contribution in [0.5, 0.6) is 0 Å². The van der Waals surface area contributed by atoms with E-state index >= 15 is 0 Å². The quantitative estimate of drug-likeness (QED) is 0.191. The number of rotatable bonds is 6. The van der Waals surface area contributed by atoms with E-state index in [1.165, 1.54) is 0 Å². The van der Waals surface area contributed by atoms with Gasteiger partial charge in [0.25, 0.3) is 0 Å². The molecule has 0 N–H and O–H groups in total. The van der Waals surface area contributed by atoms with Crippen molar-refractivity contribution < 1.29 is 0 Å². The number of thiocarbonyl (C=S) groups is 1. The van der Waals surface area contributed by atoms with E-state index in [1.54, 1.807) is 0 Å². The van der Waals surface area contributed by atoms with Gasteiger partial charge in [-0.3, -0.25) is 9.98 Å². The molecule has 0 unspecified atom stereocenters. The summed E-state index contributed by atoms with van der Waals surface area (Å²) in [5.74, 6) is 0. The van der Waals surface area contributed by atoms with Crippen LogP contribution in [0.4, 0.5) is 17.1 Å². The molecule has 0 aliphatic heterocycles. The van der Waals surface area contributed by atoms with E-state index in [0.29, 0.717) is 0 Å². The third-order valence-electron chi connectivity index (χ3n) is 4.48. The Bertz CT molecular complexity index is 1190. The van der Waals surface area contributed by atoms with Crippen molar-refractivity contribution >= 4 is 57.6 Å². The van der Waals surface area contributed by atoms with Crippen molar-refractivity contribution in [1.29, 1.82) is 5.26 Å². The van der Waals surface area contributed by atoms with Crippen LogP contribution >= 0.6 is 24.0 Å². The molecular formula is C23H19N5S2. The van der Waals surface area contributed by atoms with Gasteiger partial charge in [-0.1, -0.05) is 0 Å². The highest BCUT2D eigenvalue weighted by Gasteiger charge is 2.10. The van der Waals surface area contributed by atoms with Crippen molar-refractivity contribution in [2.75, 3.05) is 0 Å². The van der Waals surface area contributed by atoms with Crippen molar-refractivity contribution in [3.8, 4) is 5.40 Å². The highest BCUT2D eigenvalue weighted by Crippen LogP contribution is 2.23. The van der Waals surface area contributed by atoms with Gasteiger partial charge in [0.2, 0.25) is 0 Å². The molecule has 0 amide bonds. The first kappa shape index (κ1) is 21.4. The van der Waals surface area contributed by atoms with Crippen LogP contribution in [0.1, 0.15) is 25.2 Å². The average Bonchev–Trinajstić information content (AvgIpc) is 3.13. The van der Waals surface area contributed by atoms with Gasteiger partial charge in [-0.15, -0.1) is 0 Å². The van der Waals surface area contributed by atoms with E-state index in [1.807, 2.05) is 81.6 Å². The Kier molecular flexibility index (Phi) is 7.10. The predicted molar refractivity (Wildman–Crippen MR) is 128 cm³/mol. The summed E-state index contributed by atoms with van der Waals surface area (Å²) < 4.78 is 2.09. The molecule has 0 aliphatic rings. The molecule has 1 heterocycles. The zero-order valence-corrected chi connectivity index (χ0v) is 18.5. The van der Waals surface area contributed by atoms with Crippen LogP contribution in [0.25, 0.3) is 0 Å². The van der Waals surface area contributed by atoms with E-state index < -0.39 is 0 Å². The van der Waals surface area contributed by atoms with E-state index in [-0.39, 0.29) is 0 Å². The zero-order valence-electron chi connectivity index (χ0n) is 16.8. The minimum absolute atomic E-state index is 0.758. The standard InChI is InChI=1S/C23H19N5S2/c1-16(26-19-6-4-18(5-7-19)25-15-29)22-12-13-23(28(22)3)17(2)27-20-8-10-21(11-9-20)30-14-24/h4-13H,1-3H3. The Hall–Kier alpha value is -3.30. The first-order valence-corrected chi connectivity index (χ1v) is 10.4. The van der Waals surface area contributed by atoms with Crippen LogP contribution in [0, 0.1) is 10.7 Å². The third-order valence-corrected chi connectivity index (χ3v) is 5.17. The van der Waals surface area contributed by atoms with Gasteiger partial charge in [0.15, 0.2) is 0 Å². The second-order valence-corrected chi connectivity index (χ2v) is 7.50. The van der Waals surface area contributed by atoms with Crippen molar-refractivity contribution in [3.63, 3.8) is 0 Å². The molecule has 7 heteroatoms. The van der Waals surface area contributed by atoms with E-state index in [9.17, 15) is 0 Å². The number of isothiocyanates is 1. The second kappa shape index (κ2) is 9.95. The Morgan fingerprint density at radius 1 is 0.833 bits per heavy atom. The number of thiocyanates is 1. The predicted octanol–water partition coefficient (Wildman–Crippen LogP) is 6.61. The molecule has 0 radical (unpaired) electrons. The molecule has 2 aromatic carbocycles. The monoisotopic (exact) mass is 429 g/mol. The Labute approximate surface area is 185 Å². The number of aromatic nitrogens is 1. The maximum atomic E-state index is 8.75. The molecule has 5 nitrogen and oxygen atoms in total. The second-order valence-electron chi connectivity index (χ2n) is 6.46. The van der Waals surface area contributed by atoms with Crippen molar-refractivity contribution in [3.05, 3.63) is 72.1 Å². The summed E-state index contributed by atoms with van der Waals surface area (Å²) in [6.07, 6.45) is 0. The van der Waals surface area contributed by atoms with Gasteiger partial charge in [-0.05, 0) is 98.5 Å². The number of thioether (sulfide) groups is 1. The van der Waals surface area contributed by atoms with Crippen LogP contribution in [0.15, 0.2) is 80.5 Å². The van der Waals surface area contributed by atoms with Crippen LogP contribution < -0.4 is 0 Å². The molecule has 1 aromatic heterocycles. The fourth-order valence-electron chi connectivity index (χ4n) is 3.04. The Morgan fingerprint density at radius 3 is 1.77 bits per heavy atom. The van der Waals surface area contributed by atoms with Crippen LogP contribution in [0.2, 0.25) is 0 Å². The summed E-state index contributed by atoms with van der Waals surface area (Å²) in [7, 11) is 2.01. The molecule has 0 fully saturated rings. The lowest BCUT2D eigenvalue weighted by Crippen LogP contribution is -2.09. The molecular weight excluding hydrogens is 410 g/mol. The fourth-order valence-corrected chi connectivity index (χ4v) is 3.52. The number of hydrogen-bond acceptors (Lipinski definition) is 6. The highest BCUT2D eigenvalue weighted by molar-refractivity contribution is 8.03. The maximum Gasteiger partial charge on any atom is 0.138 e. The highest BCUT2D eigenvalue weighted by atomic mass is 32.2. The van der Waals surface area contributed by atoms with Gasteiger partial charge < -0.3 is 4.57 Å². The number of nitriles is 1. The number of hydrogen-bond donors (Lipinski definition) is 0. The van der Waals surface area contributed by atoms with Crippen molar-refractivity contribution in [1.82, 2.24) is 4.57 Å². The summed E-state index contributed by atoms with van der Waals surface area (Å²) in [6, 6.07) is 19.2. The molecule has 0 bridgehead atoms. The van der Waals surface area contributed by atoms with Crippen LogP contribution in [-0.4, -0.2) is 21.2 Å². The summed E-state index contributed by atoms with van der Waals surface area (Å²) in [6.45, 7) is 3.97. The number of benzene rings is 2. The lowest BCUT2D eigenvalue weighted by atomic mass is 10.2. The fraction of sp³-hybridized carbons (Fsp3) is 0.130. The molecule has 3 aromatic rings. The first-order chi connectivity index (χ1) is 14.5. The minimum atomic E-state index is 0.758. The van der Waals surface area contributed by atoms with Gasteiger partial charge in [-0.25, -0.2) is 0 Å². The summed E-state index contributed by atoms with van der Waals surface area (Å²) in [5.41, 5.74) is 6.29. The molecule has 0 saturated heterocycles. The molecule has 148 valence electrons. The molecule has 30 heavy (non-hydrogen) atoms. The largest absolute Gasteiger partial charge is 0.342 e. The first-order valence-electron chi connectivity index (χ1n) is 9.13. The zero-order chi connectivity index (χ0) is 21.5. The molecule has 0 spiro atoms. The maximum absolute atomic E-state index is 8.75. The van der Waals surface area contributed by atoms with Crippen molar-refractivity contribution in [2.45, 2.75) is 18.7 Å². The normalized spacial score (nSPS) is 11.7.